The lowest BCUT2D eigenvalue weighted by atomic mass is 9.89. The first kappa shape index (κ1) is 19.7. The van der Waals surface area contributed by atoms with E-state index in [2.05, 4.69) is 22.2 Å². The van der Waals surface area contributed by atoms with Gasteiger partial charge in [-0.05, 0) is 37.1 Å². The van der Waals surface area contributed by atoms with Crippen molar-refractivity contribution >= 4 is 22.2 Å². The molecule has 0 aliphatic heterocycles. The van der Waals surface area contributed by atoms with Gasteiger partial charge in [0.1, 0.15) is 29.1 Å². The zero-order valence-electron chi connectivity index (χ0n) is 18.2. The Hall–Kier alpha value is -4.00. The monoisotopic (exact) mass is 436 g/mol. The van der Waals surface area contributed by atoms with Crippen LogP contribution in [0.1, 0.15) is 43.8 Å². The third-order valence-electron chi connectivity index (χ3n) is 6.36. The van der Waals surface area contributed by atoms with Gasteiger partial charge in [-0.2, -0.15) is 5.10 Å². The number of rotatable bonds is 4. The molecule has 6 rings (SSSR count). The van der Waals surface area contributed by atoms with E-state index < -0.39 is 0 Å². The fourth-order valence-electron chi connectivity index (χ4n) is 4.72. The summed E-state index contributed by atoms with van der Waals surface area (Å²) in [7, 11) is 0. The van der Waals surface area contributed by atoms with Gasteiger partial charge in [-0.1, -0.05) is 49.6 Å². The van der Waals surface area contributed by atoms with Crippen molar-refractivity contribution in [2.75, 3.05) is 5.73 Å². The molecule has 1 saturated carbocycles. The number of nitrogen functional groups attached to an aromatic ring is 1. The number of nitrogens with two attached hydrogens (primary N) is 1. The van der Waals surface area contributed by atoms with Crippen LogP contribution in [0.4, 0.5) is 5.82 Å². The Bertz CT molecular complexity index is 1440. The van der Waals surface area contributed by atoms with E-state index in [-0.39, 0.29) is 0 Å². The van der Waals surface area contributed by atoms with E-state index in [4.69, 9.17) is 20.4 Å². The van der Waals surface area contributed by atoms with Crippen LogP contribution in [0.5, 0.6) is 11.6 Å². The number of fused-ring (bicyclic) bond motifs is 2. The lowest BCUT2D eigenvalue weighted by Gasteiger charge is -2.19. The smallest absolute Gasteiger partial charge is 0.219 e. The van der Waals surface area contributed by atoms with Crippen LogP contribution in [0.15, 0.2) is 67.0 Å². The van der Waals surface area contributed by atoms with E-state index in [0.717, 1.165) is 52.1 Å². The third-order valence-corrected chi connectivity index (χ3v) is 6.36. The van der Waals surface area contributed by atoms with Crippen molar-refractivity contribution in [1.29, 1.82) is 0 Å². The Morgan fingerprint density at radius 1 is 0.909 bits per heavy atom. The van der Waals surface area contributed by atoms with E-state index in [9.17, 15) is 0 Å². The number of hydrogen-bond acceptors (Lipinski definition) is 6. The summed E-state index contributed by atoms with van der Waals surface area (Å²) >= 11 is 0. The molecular formula is C26H24N6O. The van der Waals surface area contributed by atoms with Gasteiger partial charge in [-0.25, -0.2) is 19.5 Å². The van der Waals surface area contributed by atoms with E-state index in [0.29, 0.717) is 17.6 Å². The molecule has 2 aromatic carbocycles. The Balaban J connectivity index is 1.45. The molecule has 1 aliphatic rings. The second kappa shape index (κ2) is 8.16. The number of pyridine rings is 1. The molecular weight excluding hydrogens is 412 g/mol. The first-order valence-corrected chi connectivity index (χ1v) is 11.4. The van der Waals surface area contributed by atoms with E-state index >= 15 is 0 Å². The minimum absolute atomic E-state index is 0.388. The molecule has 164 valence electrons. The van der Waals surface area contributed by atoms with Crippen LogP contribution in [0, 0.1) is 0 Å². The highest BCUT2D eigenvalue weighted by molar-refractivity contribution is 5.90. The topological polar surface area (TPSA) is 91.2 Å². The van der Waals surface area contributed by atoms with Crippen LogP contribution in [-0.4, -0.2) is 24.6 Å². The summed E-state index contributed by atoms with van der Waals surface area (Å²) in [5, 5.41) is 5.54. The summed E-state index contributed by atoms with van der Waals surface area (Å²) in [4.78, 5) is 14.0. The van der Waals surface area contributed by atoms with Gasteiger partial charge in [0, 0.05) is 22.9 Å². The normalized spacial score (nSPS) is 14.7. The molecule has 33 heavy (non-hydrogen) atoms. The average Bonchev–Trinajstić information content (AvgIpc) is 3.26. The number of imidazole rings is 1. The van der Waals surface area contributed by atoms with Gasteiger partial charge in [-0.15, -0.1) is 0 Å². The third kappa shape index (κ3) is 3.65. The maximum Gasteiger partial charge on any atom is 0.219 e. The molecule has 0 saturated heterocycles. The lowest BCUT2D eigenvalue weighted by molar-refractivity contribution is 0.424. The number of para-hydroxylation sites is 1. The number of anilines is 1. The number of hydrogen-bond donors (Lipinski definition) is 1. The fraction of sp³-hybridized carbons (Fsp3) is 0.231. The molecule has 3 aromatic heterocycles. The standard InChI is InChI=1S/C26H24N6O/c27-25-24-23(31-26(32(24)29-16-28-25)18-7-3-1-4-8-18)19-12-11-17-13-14-22(30-21(17)15-19)33-20-9-5-2-6-10-20/h2,5-6,9-16,18H,1,3-4,7-8H2,(H2,27,28,29). The largest absolute Gasteiger partial charge is 0.439 e. The Kier molecular flexibility index (Phi) is 4.87. The van der Waals surface area contributed by atoms with Crippen LogP contribution in [0.25, 0.3) is 27.7 Å². The van der Waals surface area contributed by atoms with Crippen LogP contribution in [0.2, 0.25) is 0 Å². The zero-order valence-corrected chi connectivity index (χ0v) is 18.2. The van der Waals surface area contributed by atoms with Crippen molar-refractivity contribution in [2.24, 2.45) is 0 Å². The molecule has 0 radical (unpaired) electrons. The van der Waals surface area contributed by atoms with E-state index in [1.807, 2.05) is 53.0 Å². The molecule has 0 spiro atoms. The molecule has 7 nitrogen and oxygen atoms in total. The molecule has 0 amide bonds. The van der Waals surface area contributed by atoms with Gasteiger partial charge in [0.15, 0.2) is 5.82 Å². The van der Waals surface area contributed by atoms with E-state index in [1.54, 1.807) is 0 Å². The summed E-state index contributed by atoms with van der Waals surface area (Å²) in [5.74, 6) is 3.10. The van der Waals surface area contributed by atoms with Gasteiger partial charge in [-0.3, -0.25) is 0 Å². The second-order valence-corrected chi connectivity index (χ2v) is 8.53. The van der Waals surface area contributed by atoms with Gasteiger partial charge in [0.25, 0.3) is 0 Å². The highest BCUT2D eigenvalue weighted by atomic mass is 16.5. The minimum atomic E-state index is 0.388. The van der Waals surface area contributed by atoms with Crippen LogP contribution >= 0.6 is 0 Å². The summed E-state index contributed by atoms with van der Waals surface area (Å²) in [6.45, 7) is 0. The predicted octanol–water partition coefficient (Wildman–Crippen LogP) is 5.76. The number of benzene rings is 2. The summed E-state index contributed by atoms with van der Waals surface area (Å²) in [6.07, 6.45) is 7.49. The van der Waals surface area contributed by atoms with Crippen LogP contribution in [-0.2, 0) is 0 Å². The van der Waals surface area contributed by atoms with Gasteiger partial charge in [0.05, 0.1) is 5.52 Å². The highest BCUT2D eigenvalue weighted by Crippen LogP contribution is 2.36. The average molecular weight is 437 g/mol. The Labute approximate surface area is 191 Å². The molecule has 7 heteroatoms. The SMILES string of the molecule is Nc1ncnn2c(C3CCCCC3)nc(-c3ccc4ccc(Oc5ccccc5)nc4c3)c12. The minimum Gasteiger partial charge on any atom is -0.439 e. The summed E-state index contributed by atoms with van der Waals surface area (Å²) < 4.78 is 7.82. The molecule has 1 aliphatic carbocycles. The van der Waals surface area contributed by atoms with Crippen molar-refractivity contribution < 1.29 is 4.74 Å². The van der Waals surface area contributed by atoms with Crippen molar-refractivity contribution in [3.05, 3.63) is 72.8 Å². The second-order valence-electron chi connectivity index (χ2n) is 8.53. The summed E-state index contributed by atoms with van der Waals surface area (Å²) in [6, 6.07) is 19.7. The van der Waals surface area contributed by atoms with E-state index in [1.165, 1.54) is 25.6 Å². The van der Waals surface area contributed by atoms with Crippen molar-refractivity contribution in [3.8, 4) is 22.9 Å². The number of aromatic nitrogens is 5. The molecule has 5 aromatic rings. The lowest BCUT2D eigenvalue weighted by Crippen LogP contribution is -2.10. The van der Waals surface area contributed by atoms with Crippen molar-refractivity contribution in [1.82, 2.24) is 24.6 Å². The molecule has 1 fully saturated rings. The van der Waals surface area contributed by atoms with Crippen LogP contribution in [0.3, 0.4) is 0 Å². The highest BCUT2D eigenvalue weighted by Gasteiger charge is 2.25. The molecule has 0 unspecified atom stereocenters. The molecule has 2 N–H and O–H groups in total. The number of ether oxygens (including phenoxy) is 1. The van der Waals surface area contributed by atoms with Gasteiger partial charge >= 0.3 is 0 Å². The number of nitrogens with zero attached hydrogens (tertiary/aromatic N) is 5. The maximum absolute atomic E-state index is 6.31. The van der Waals surface area contributed by atoms with Crippen molar-refractivity contribution in [3.63, 3.8) is 0 Å². The molecule has 0 atom stereocenters. The predicted molar refractivity (Wildman–Crippen MR) is 128 cm³/mol. The fourth-order valence-corrected chi connectivity index (χ4v) is 4.72. The zero-order chi connectivity index (χ0) is 22.2. The van der Waals surface area contributed by atoms with Gasteiger partial charge < -0.3 is 10.5 Å². The van der Waals surface area contributed by atoms with Crippen LogP contribution < -0.4 is 10.5 Å². The first-order valence-electron chi connectivity index (χ1n) is 11.4. The van der Waals surface area contributed by atoms with Gasteiger partial charge in [0.2, 0.25) is 5.88 Å². The summed E-state index contributed by atoms with van der Waals surface area (Å²) in [5.41, 5.74) is 9.64. The maximum atomic E-state index is 6.31. The quantitative estimate of drug-likeness (QED) is 0.385. The molecule has 3 heterocycles. The molecule has 0 bridgehead atoms. The van der Waals surface area contributed by atoms with Crippen molar-refractivity contribution in [2.45, 2.75) is 38.0 Å². The first-order chi connectivity index (χ1) is 16.3. The Morgan fingerprint density at radius 3 is 2.58 bits per heavy atom. The Morgan fingerprint density at radius 2 is 1.73 bits per heavy atom.